The summed E-state index contributed by atoms with van der Waals surface area (Å²) >= 11 is 0. The Kier molecular flexibility index (Phi) is 6.24. The molecule has 0 bridgehead atoms. The SMILES string of the molecule is CCCNc1cc(NCC(C)(C)C(C)C)nc(CC)n1. The van der Waals surface area contributed by atoms with E-state index in [2.05, 4.69) is 62.1 Å². The molecule has 114 valence electrons. The van der Waals surface area contributed by atoms with Crippen LogP contribution in [0, 0.1) is 11.3 Å². The number of hydrogen-bond donors (Lipinski definition) is 2. The number of aryl methyl sites for hydroxylation is 1. The zero-order valence-corrected chi connectivity index (χ0v) is 13.9. The third-order valence-electron chi connectivity index (χ3n) is 3.93. The van der Waals surface area contributed by atoms with E-state index in [0.717, 1.165) is 43.4 Å². The quantitative estimate of drug-likeness (QED) is 0.756. The Morgan fingerprint density at radius 3 is 2.20 bits per heavy atom. The van der Waals surface area contributed by atoms with Crippen LogP contribution >= 0.6 is 0 Å². The summed E-state index contributed by atoms with van der Waals surface area (Å²) in [6.07, 6.45) is 1.94. The minimum Gasteiger partial charge on any atom is -0.370 e. The van der Waals surface area contributed by atoms with E-state index in [9.17, 15) is 0 Å². The average molecular weight is 278 g/mol. The molecule has 4 heteroatoms. The second-order valence-corrected chi connectivity index (χ2v) is 6.33. The zero-order valence-electron chi connectivity index (χ0n) is 13.9. The van der Waals surface area contributed by atoms with Gasteiger partial charge >= 0.3 is 0 Å². The van der Waals surface area contributed by atoms with Gasteiger partial charge in [-0.1, -0.05) is 41.5 Å². The summed E-state index contributed by atoms with van der Waals surface area (Å²) in [5, 5.41) is 6.80. The predicted molar refractivity (Wildman–Crippen MR) is 87.3 cm³/mol. The lowest BCUT2D eigenvalue weighted by molar-refractivity contribution is 0.269. The van der Waals surface area contributed by atoms with Crippen LogP contribution in [0.15, 0.2) is 6.07 Å². The van der Waals surface area contributed by atoms with Crippen molar-refractivity contribution in [3.05, 3.63) is 11.9 Å². The Balaban J connectivity index is 2.78. The van der Waals surface area contributed by atoms with E-state index in [0.29, 0.717) is 5.92 Å². The molecule has 2 N–H and O–H groups in total. The standard InChI is InChI=1S/C16H30N4/c1-7-9-17-14-10-15(20-13(8-2)19-14)18-11-16(5,6)12(3)4/h10,12H,7-9,11H2,1-6H3,(H2,17,18,19,20). The first-order chi connectivity index (χ1) is 9.39. The van der Waals surface area contributed by atoms with Crippen molar-refractivity contribution in [2.75, 3.05) is 23.7 Å². The first-order valence-corrected chi connectivity index (χ1v) is 7.74. The molecule has 0 spiro atoms. The van der Waals surface area contributed by atoms with Crippen molar-refractivity contribution in [2.24, 2.45) is 11.3 Å². The van der Waals surface area contributed by atoms with Gasteiger partial charge < -0.3 is 10.6 Å². The molecule has 0 aromatic carbocycles. The van der Waals surface area contributed by atoms with Gasteiger partial charge in [0.05, 0.1) is 0 Å². The van der Waals surface area contributed by atoms with Gasteiger partial charge in [-0.3, -0.25) is 0 Å². The normalized spacial score (nSPS) is 11.8. The van der Waals surface area contributed by atoms with E-state index in [1.165, 1.54) is 0 Å². The molecule has 0 amide bonds. The summed E-state index contributed by atoms with van der Waals surface area (Å²) in [6.45, 7) is 15.2. The van der Waals surface area contributed by atoms with Gasteiger partial charge in [0.15, 0.2) is 0 Å². The molecule has 0 saturated heterocycles. The van der Waals surface area contributed by atoms with Gasteiger partial charge in [0.25, 0.3) is 0 Å². The van der Waals surface area contributed by atoms with Crippen molar-refractivity contribution in [3.8, 4) is 0 Å². The monoisotopic (exact) mass is 278 g/mol. The Morgan fingerprint density at radius 2 is 1.70 bits per heavy atom. The van der Waals surface area contributed by atoms with Gasteiger partial charge in [0.2, 0.25) is 0 Å². The smallest absolute Gasteiger partial charge is 0.132 e. The molecular weight excluding hydrogens is 248 g/mol. The van der Waals surface area contributed by atoms with Crippen molar-refractivity contribution in [3.63, 3.8) is 0 Å². The summed E-state index contributed by atoms with van der Waals surface area (Å²) < 4.78 is 0. The molecule has 20 heavy (non-hydrogen) atoms. The summed E-state index contributed by atoms with van der Waals surface area (Å²) in [7, 11) is 0. The number of aromatic nitrogens is 2. The first kappa shape index (κ1) is 16.7. The molecular formula is C16H30N4. The molecule has 0 unspecified atom stereocenters. The third-order valence-corrected chi connectivity index (χ3v) is 3.93. The van der Waals surface area contributed by atoms with Gasteiger partial charge in [-0.25, -0.2) is 9.97 Å². The average Bonchev–Trinajstić information content (AvgIpc) is 2.42. The number of nitrogens with one attached hydrogen (secondary N) is 2. The molecule has 0 aliphatic heterocycles. The number of anilines is 2. The van der Waals surface area contributed by atoms with Gasteiger partial charge in [0.1, 0.15) is 17.5 Å². The maximum atomic E-state index is 4.56. The molecule has 0 fully saturated rings. The van der Waals surface area contributed by atoms with Crippen molar-refractivity contribution in [1.82, 2.24) is 9.97 Å². The second-order valence-electron chi connectivity index (χ2n) is 6.33. The Morgan fingerprint density at radius 1 is 1.10 bits per heavy atom. The predicted octanol–water partition coefficient (Wildman–Crippen LogP) is 3.96. The van der Waals surface area contributed by atoms with Crippen LogP contribution in [0.1, 0.15) is 53.8 Å². The Bertz CT molecular complexity index is 413. The minimum atomic E-state index is 0.244. The molecule has 1 aromatic rings. The molecule has 1 heterocycles. The lowest BCUT2D eigenvalue weighted by Gasteiger charge is -2.29. The molecule has 1 rings (SSSR count). The number of hydrogen-bond acceptors (Lipinski definition) is 4. The van der Waals surface area contributed by atoms with Gasteiger partial charge in [-0.2, -0.15) is 0 Å². The maximum Gasteiger partial charge on any atom is 0.132 e. The highest BCUT2D eigenvalue weighted by molar-refractivity contribution is 5.47. The van der Waals surface area contributed by atoms with E-state index in [1.54, 1.807) is 0 Å². The fraction of sp³-hybridized carbons (Fsp3) is 0.750. The van der Waals surface area contributed by atoms with Crippen LogP contribution in [0.2, 0.25) is 0 Å². The Labute approximate surface area is 123 Å². The molecule has 0 radical (unpaired) electrons. The van der Waals surface area contributed by atoms with Crippen molar-refractivity contribution in [2.45, 2.75) is 54.4 Å². The highest BCUT2D eigenvalue weighted by atomic mass is 15.1. The van der Waals surface area contributed by atoms with E-state index >= 15 is 0 Å². The van der Waals surface area contributed by atoms with E-state index in [-0.39, 0.29) is 5.41 Å². The molecule has 0 atom stereocenters. The van der Waals surface area contributed by atoms with Gasteiger partial charge in [-0.15, -0.1) is 0 Å². The summed E-state index contributed by atoms with van der Waals surface area (Å²) in [5.41, 5.74) is 0.244. The summed E-state index contributed by atoms with van der Waals surface area (Å²) in [4.78, 5) is 9.07. The molecule has 1 aromatic heterocycles. The van der Waals surface area contributed by atoms with Crippen LogP contribution in [-0.4, -0.2) is 23.1 Å². The number of rotatable bonds is 8. The lowest BCUT2D eigenvalue weighted by atomic mass is 9.81. The van der Waals surface area contributed by atoms with Crippen molar-refractivity contribution in [1.29, 1.82) is 0 Å². The zero-order chi connectivity index (χ0) is 15.2. The summed E-state index contributed by atoms with van der Waals surface area (Å²) in [6, 6.07) is 2.01. The van der Waals surface area contributed by atoms with E-state index in [4.69, 9.17) is 0 Å². The lowest BCUT2D eigenvalue weighted by Crippen LogP contribution is -2.29. The third kappa shape index (κ3) is 4.99. The number of nitrogens with zero attached hydrogens (tertiary/aromatic N) is 2. The molecule has 4 nitrogen and oxygen atoms in total. The first-order valence-electron chi connectivity index (χ1n) is 7.74. The van der Waals surface area contributed by atoms with Crippen molar-refractivity contribution >= 4 is 11.6 Å². The highest BCUT2D eigenvalue weighted by Gasteiger charge is 2.22. The molecule has 0 aliphatic carbocycles. The topological polar surface area (TPSA) is 49.8 Å². The Hall–Kier alpha value is -1.32. The van der Waals surface area contributed by atoms with Crippen LogP contribution in [0.25, 0.3) is 0 Å². The fourth-order valence-corrected chi connectivity index (χ4v) is 1.61. The highest BCUT2D eigenvalue weighted by Crippen LogP contribution is 2.26. The minimum absolute atomic E-state index is 0.244. The van der Waals surface area contributed by atoms with Crippen LogP contribution in [-0.2, 0) is 6.42 Å². The maximum absolute atomic E-state index is 4.56. The fourth-order valence-electron chi connectivity index (χ4n) is 1.61. The second kappa shape index (κ2) is 7.46. The van der Waals surface area contributed by atoms with Crippen LogP contribution in [0.5, 0.6) is 0 Å². The van der Waals surface area contributed by atoms with Gasteiger partial charge in [0, 0.05) is 25.6 Å². The molecule has 0 aliphatic rings. The van der Waals surface area contributed by atoms with Crippen LogP contribution in [0.3, 0.4) is 0 Å². The van der Waals surface area contributed by atoms with Crippen molar-refractivity contribution < 1.29 is 0 Å². The van der Waals surface area contributed by atoms with Crippen LogP contribution in [0.4, 0.5) is 11.6 Å². The molecule has 0 saturated carbocycles. The van der Waals surface area contributed by atoms with E-state index < -0.39 is 0 Å². The van der Waals surface area contributed by atoms with E-state index in [1.807, 2.05) is 6.07 Å². The van der Waals surface area contributed by atoms with Gasteiger partial charge in [-0.05, 0) is 17.8 Å². The van der Waals surface area contributed by atoms with Crippen LogP contribution < -0.4 is 10.6 Å². The summed E-state index contributed by atoms with van der Waals surface area (Å²) in [5.74, 6) is 3.35. The largest absolute Gasteiger partial charge is 0.370 e.